The minimum absolute atomic E-state index is 0.699. The lowest BCUT2D eigenvalue weighted by Gasteiger charge is -2.08. The first-order chi connectivity index (χ1) is 10.8. The number of thiazole rings is 1. The van der Waals surface area contributed by atoms with Gasteiger partial charge in [0.25, 0.3) is 0 Å². The molecule has 3 heterocycles. The van der Waals surface area contributed by atoms with E-state index in [0.717, 1.165) is 37.2 Å². The van der Waals surface area contributed by atoms with Gasteiger partial charge in [-0.15, -0.1) is 11.3 Å². The van der Waals surface area contributed by atoms with Crippen LogP contribution in [0.1, 0.15) is 22.7 Å². The summed E-state index contributed by atoms with van der Waals surface area (Å²) < 4.78 is 7.89. The smallest absolute Gasteiger partial charge is 0.107 e. The molecule has 0 aliphatic heterocycles. The van der Waals surface area contributed by atoms with Gasteiger partial charge in [0, 0.05) is 36.8 Å². The van der Waals surface area contributed by atoms with Gasteiger partial charge in [-0.25, -0.2) is 9.97 Å². The maximum atomic E-state index is 5.74. The fourth-order valence-electron chi connectivity index (χ4n) is 2.46. The number of fused-ring (bicyclic) bond motifs is 1. The molecule has 22 heavy (non-hydrogen) atoms. The van der Waals surface area contributed by atoms with Crippen molar-refractivity contribution in [1.82, 2.24) is 19.5 Å². The summed E-state index contributed by atoms with van der Waals surface area (Å²) in [7, 11) is 0. The van der Waals surface area contributed by atoms with Crippen LogP contribution in [0.4, 0.5) is 0 Å². The largest absolute Gasteiger partial charge is 0.380 e. The van der Waals surface area contributed by atoms with Crippen LogP contribution in [0, 0.1) is 13.8 Å². The van der Waals surface area contributed by atoms with E-state index in [9.17, 15) is 0 Å². The van der Waals surface area contributed by atoms with Gasteiger partial charge in [0.2, 0.25) is 0 Å². The highest BCUT2D eigenvalue weighted by Gasteiger charge is 2.08. The Morgan fingerprint density at radius 3 is 2.91 bits per heavy atom. The van der Waals surface area contributed by atoms with Crippen molar-refractivity contribution < 1.29 is 4.74 Å². The highest BCUT2D eigenvalue weighted by Crippen LogP contribution is 2.18. The summed E-state index contributed by atoms with van der Waals surface area (Å²) in [5, 5.41) is 3.20. The van der Waals surface area contributed by atoms with Crippen molar-refractivity contribution in [3.63, 3.8) is 0 Å². The highest BCUT2D eigenvalue weighted by molar-refractivity contribution is 7.09. The van der Waals surface area contributed by atoms with E-state index >= 15 is 0 Å². The van der Waals surface area contributed by atoms with Gasteiger partial charge in [-0.05, 0) is 25.8 Å². The number of hydrogen-bond donors (Lipinski definition) is 0. The average molecular weight is 316 g/mol. The van der Waals surface area contributed by atoms with Crippen LogP contribution < -0.4 is 0 Å². The van der Waals surface area contributed by atoms with E-state index in [1.807, 2.05) is 31.0 Å². The molecule has 0 amide bonds. The Morgan fingerprint density at radius 2 is 2.09 bits per heavy atom. The molecule has 0 bridgehead atoms. The molecule has 0 fully saturated rings. The summed E-state index contributed by atoms with van der Waals surface area (Å²) in [6.07, 6.45) is 7.57. The van der Waals surface area contributed by atoms with Gasteiger partial charge >= 0.3 is 0 Å². The maximum absolute atomic E-state index is 5.74. The van der Waals surface area contributed by atoms with Gasteiger partial charge in [0.05, 0.1) is 29.7 Å². The quantitative estimate of drug-likeness (QED) is 0.628. The number of nitrogens with zero attached hydrogens (tertiary/aromatic N) is 4. The third kappa shape index (κ3) is 3.34. The third-order valence-electron chi connectivity index (χ3n) is 3.78. The minimum Gasteiger partial charge on any atom is -0.380 e. The summed E-state index contributed by atoms with van der Waals surface area (Å²) >= 11 is 1.70. The molecule has 5 nitrogen and oxygen atoms in total. The Bertz CT molecular complexity index is 736. The molecule has 0 aliphatic rings. The predicted molar refractivity (Wildman–Crippen MR) is 88.3 cm³/mol. The second-order valence-corrected chi connectivity index (χ2v) is 6.26. The molecule has 0 aliphatic carbocycles. The van der Waals surface area contributed by atoms with Crippen molar-refractivity contribution in [2.24, 2.45) is 0 Å². The topological polar surface area (TPSA) is 52.8 Å². The molecule has 116 valence electrons. The van der Waals surface area contributed by atoms with E-state index in [1.165, 1.54) is 16.1 Å². The second-order valence-electron chi connectivity index (χ2n) is 5.28. The first-order valence-electron chi connectivity index (χ1n) is 7.49. The standard InChI is InChI=1S/C16H20N4OS/c1-12-13(2)18-10-14-16(12)20(11-19-14)6-8-21-7-3-4-15-17-5-9-22-15/h5,9-11H,3-4,6-8H2,1-2H3. The minimum atomic E-state index is 0.699. The number of rotatable bonds is 7. The van der Waals surface area contributed by atoms with E-state index in [-0.39, 0.29) is 0 Å². The average Bonchev–Trinajstić information content (AvgIpc) is 3.16. The molecule has 0 unspecified atom stereocenters. The normalized spacial score (nSPS) is 11.4. The fourth-order valence-corrected chi connectivity index (χ4v) is 3.13. The first-order valence-corrected chi connectivity index (χ1v) is 8.37. The molecule has 0 atom stereocenters. The summed E-state index contributed by atoms with van der Waals surface area (Å²) in [6, 6.07) is 0. The van der Waals surface area contributed by atoms with E-state index in [2.05, 4.69) is 26.4 Å². The SMILES string of the molecule is Cc1ncc2ncn(CCOCCCc3nccs3)c2c1C. The van der Waals surface area contributed by atoms with Crippen LogP contribution in [0.15, 0.2) is 24.1 Å². The van der Waals surface area contributed by atoms with Crippen molar-refractivity contribution in [1.29, 1.82) is 0 Å². The van der Waals surface area contributed by atoms with Gasteiger partial charge in [-0.3, -0.25) is 4.98 Å². The van der Waals surface area contributed by atoms with Crippen LogP contribution in [0.5, 0.6) is 0 Å². The Labute approximate surface area is 134 Å². The fraction of sp³-hybridized carbons (Fsp3) is 0.438. The number of imidazole rings is 1. The molecule has 0 saturated heterocycles. The third-order valence-corrected chi connectivity index (χ3v) is 4.62. The van der Waals surface area contributed by atoms with Crippen molar-refractivity contribution in [3.8, 4) is 0 Å². The molecule has 0 saturated carbocycles. The monoisotopic (exact) mass is 316 g/mol. The van der Waals surface area contributed by atoms with Gasteiger partial charge in [-0.2, -0.15) is 0 Å². The number of ether oxygens (including phenoxy) is 1. The summed E-state index contributed by atoms with van der Waals surface area (Å²) in [5.74, 6) is 0. The molecule has 0 radical (unpaired) electrons. The van der Waals surface area contributed by atoms with E-state index < -0.39 is 0 Å². The van der Waals surface area contributed by atoms with Crippen molar-refractivity contribution in [2.75, 3.05) is 13.2 Å². The number of pyridine rings is 1. The van der Waals surface area contributed by atoms with E-state index in [1.54, 1.807) is 11.3 Å². The lowest BCUT2D eigenvalue weighted by molar-refractivity contribution is 0.125. The van der Waals surface area contributed by atoms with Crippen LogP contribution in [0.25, 0.3) is 11.0 Å². The predicted octanol–water partition coefficient (Wildman–Crippen LogP) is 3.15. The Kier molecular flexibility index (Phi) is 4.80. The molecule has 6 heteroatoms. The molecule has 3 rings (SSSR count). The van der Waals surface area contributed by atoms with Gasteiger partial charge in [-0.1, -0.05) is 0 Å². The first kappa shape index (κ1) is 15.1. The van der Waals surface area contributed by atoms with Crippen LogP contribution in [0.2, 0.25) is 0 Å². The number of aromatic nitrogens is 4. The van der Waals surface area contributed by atoms with Crippen LogP contribution in [-0.2, 0) is 17.7 Å². The van der Waals surface area contributed by atoms with Gasteiger partial charge < -0.3 is 9.30 Å². The Hall–Kier alpha value is -1.79. The molecule has 0 N–H and O–H groups in total. The zero-order valence-corrected chi connectivity index (χ0v) is 13.8. The Balaban J connectivity index is 1.49. The molecule has 3 aromatic rings. The van der Waals surface area contributed by atoms with Crippen LogP contribution in [0.3, 0.4) is 0 Å². The van der Waals surface area contributed by atoms with E-state index in [0.29, 0.717) is 6.61 Å². The highest BCUT2D eigenvalue weighted by atomic mass is 32.1. The maximum Gasteiger partial charge on any atom is 0.107 e. The van der Waals surface area contributed by atoms with E-state index in [4.69, 9.17) is 4.74 Å². The number of aryl methyl sites for hydroxylation is 3. The summed E-state index contributed by atoms with van der Waals surface area (Å²) in [6.45, 7) is 6.41. The molecular formula is C16H20N4OS. The summed E-state index contributed by atoms with van der Waals surface area (Å²) in [4.78, 5) is 13.0. The zero-order valence-electron chi connectivity index (χ0n) is 13.0. The lowest BCUT2D eigenvalue weighted by atomic mass is 10.2. The van der Waals surface area contributed by atoms with Gasteiger partial charge in [0.1, 0.15) is 5.52 Å². The van der Waals surface area contributed by atoms with Crippen LogP contribution in [-0.4, -0.2) is 32.7 Å². The van der Waals surface area contributed by atoms with Crippen molar-refractivity contribution >= 4 is 22.4 Å². The lowest BCUT2D eigenvalue weighted by Crippen LogP contribution is -2.07. The molecule has 0 aromatic carbocycles. The van der Waals surface area contributed by atoms with Crippen molar-refractivity contribution in [3.05, 3.63) is 40.4 Å². The molecule has 0 spiro atoms. The summed E-state index contributed by atoms with van der Waals surface area (Å²) in [5.41, 5.74) is 4.36. The van der Waals surface area contributed by atoms with Crippen molar-refractivity contribution in [2.45, 2.75) is 33.2 Å². The Morgan fingerprint density at radius 1 is 1.18 bits per heavy atom. The molecule has 3 aromatic heterocycles. The van der Waals surface area contributed by atoms with Gasteiger partial charge in [0.15, 0.2) is 0 Å². The number of hydrogen-bond acceptors (Lipinski definition) is 5. The second kappa shape index (κ2) is 6.98. The zero-order chi connectivity index (χ0) is 15.4. The van der Waals surface area contributed by atoms with Crippen LogP contribution >= 0.6 is 11.3 Å². The molecular weight excluding hydrogens is 296 g/mol.